The highest BCUT2D eigenvalue weighted by Crippen LogP contribution is 2.35. The quantitative estimate of drug-likeness (QED) is 0.335. The smallest absolute Gasteiger partial charge is 0.234 e. The van der Waals surface area contributed by atoms with Gasteiger partial charge in [0, 0.05) is 28.2 Å². The van der Waals surface area contributed by atoms with E-state index in [1.165, 1.54) is 44.2 Å². The molecule has 5 nitrogen and oxygen atoms in total. The summed E-state index contributed by atoms with van der Waals surface area (Å²) in [5, 5.41) is 5.20. The zero-order valence-electron chi connectivity index (χ0n) is 21.3. The summed E-state index contributed by atoms with van der Waals surface area (Å²) in [4.78, 5) is 14.9. The number of benzene rings is 2. The number of carbonyl (C=O) groups is 1. The highest BCUT2D eigenvalue weighted by Gasteiger charge is 2.18. The van der Waals surface area contributed by atoms with Gasteiger partial charge in [-0.05, 0) is 72.7 Å². The van der Waals surface area contributed by atoms with E-state index in [1.807, 2.05) is 39.1 Å². The Labute approximate surface area is 218 Å². The van der Waals surface area contributed by atoms with Crippen molar-refractivity contribution in [3.05, 3.63) is 65.6 Å². The van der Waals surface area contributed by atoms with E-state index in [4.69, 9.17) is 23.1 Å². The summed E-state index contributed by atoms with van der Waals surface area (Å²) in [5.74, 6) is -0.621. The molecule has 4 rings (SSSR count). The number of nitrogens with two attached hydrogens (primary N) is 2. The number of halogens is 2. The molecule has 5 N–H and O–H groups in total. The lowest BCUT2D eigenvalue weighted by Gasteiger charge is -2.26. The van der Waals surface area contributed by atoms with Crippen LogP contribution in [0.3, 0.4) is 0 Å². The van der Waals surface area contributed by atoms with E-state index in [1.54, 1.807) is 6.07 Å². The van der Waals surface area contributed by atoms with Gasteiger partial charge in [-0.1, -0.05) is 57.4 Å². The number of pyridine rings is 1. The van der Waals surface area contributed by atoms with Gasteiger partial charge in [-0.2, -0.15) is 0 Å². The molecule has 1 saturated carbocycles. The molecule has 0 radical (unpaired) electrons. The van der Waals surface area contributed by atoms with Gasteiger partial charge < -0.3 is 16.8 Å². The van der Waals surface area contributed by atoms with Crippen LogP contribution in [0.2, 0.25) is 5.02 Å². The molecule has 1 fully saturated rings. The molecule has 36 heavy (non-hydrogen) atoms. The predicted octanol–water partition coefficient (Wildman–Crippen LogP) is 6.93. The third-order valence-corrected chi connectivity index (χ3v) is 6.74. The van der Waals surface area contributed by atoms with Crippen molar-refractivity contribution >= 4 is 39.7 Å². The summed E-state index contributed by atoms with van der Waals surface area (Å²) in [7, 11) is 0. The molecule has 2 aromatic carbocycles. The van der Waals surface area contributed by atoms with Crippen LogP contribution in [-0.2, 0) is 4.79 Å². The van der Waals surface area contributed by atoms with Gasteiger partial charge in [-0.3, -0.25) is 9.78 Å². The number of nitrogens with zero attached hydrogens (tertiary/aromatic N) is 1. The maximum atomic E-state index is 13.9. The fourth-order valence-corrected chi connectivity index (χ4v) is 4.57. The number of primary amides is 1. The Kier molecular flexibility index (Phi) is 9.46. The second-order valence-electron chi connectivity index (χ2n) is 9.87. The highest BCUT2D eigenvalue weighted by molar-refractivity contribution is 6.30. The first-order valence-electron chi connectivity index (χ1n) is 12.4. The molecule has 0 saturated heterocycles. The number of fused-ring (bicyclic) bond motifs is 1. The molecule has 7 heteroatoms. The topological polar surface area (TPSA) is 94.0 Å². The number of hydrogen-bond acceptors (Lipinski definition) is 4. The summed E-state index contributed by atoms with van der Waals surface area (Å²) in [6, 6.07) is 10.6. The zero-order chi connectivity index (χ0) is 26.4. The Morgan fingerprint density at radius 3 is 2.39 bits per heavy atom. The average Bonchev–Trinajstić information content (AvgIpc) is 2.83. The number of carbonyl (C=O) groups excluding carboxylic acids is 1. The second-order valence-corrected chi connectivity index (χ2v) is 10.3. The lowest BCUT2D eigenvalue weighted by atomic mass is 9.94. The molecule has 0 spiro atoms. The van der Waals surface area contributed by atoms with Crippen LogP contribution in [0.4, 0.5) is 10.1 Å². The minimum Gasteiger partial charge on any atom is -0.381 e. The maximum Gasteiger partial charge on any atom is 0.234 e. The molecule has 1 aliphatic rings. The molecule has 0 aliphatic heterocycles. The third kappa shape index (κ3) is 7.05. The van der Waals surface area contributed by atoms with Crippen LogP contribution in [0.5, 0.6) is 0 Å². The molecular formula is C29H36ClFN4O. The van der Waals surface area contributed by atoms with Crippen LogP contribution in [0.15, 0.2) is 49.2 Å². The standard InChI is InChI=1S/C24H24ClFN2.C5H12N2O/c1-15(2)22-14-27-23-9-8-16(17-10-18(25)13-19(26)11-17)12-21(23)24(22)28-20-6-4-3-5-7-20;1-3(2)4(6)5(7)8/h8-14,20H,1,3-7H2,2H3,(H,27,28);3-4H,6H2,1-2H3,(H2,7,8). The molecule has 1 aliphatic carbocycles. The summed E-state index contributed by atoms with van der Waals surface area (Å²) < 4.78 is 13.9. The van der Waals surface area contributed by atoms with Crippen molar-refractivity contribution < 1.29 is 9.18 Å². The van der Waals surface area contributed by atoms with Crippen LogP contribution in [0.25, 0.3) is 27.6 Å². The van der Waals surface area contributed by atoms with Crippen molar-refractivity contribution in [3.63, 3.8) is 0 Å². The summed E-state index contributed by atoms with van der Waals surface area (Å²) in [6.45, 7) is 9.86. The van der Waals surface area contributed by atoms with Gasteiger partial charge in [-0.25, -0.2) is 4.39 Å². The lowest BCUT2D eigenvalue weighted by molar-refractivity contribution is -0.120. The van der Waals surface area contributed by atoms with E-state index in [0.717, 1.165) is 38.9 Å². The van der Waals surface area contributed by atoms with Crippen LogP contribution in [-0.4, -0.2) is 23.0 Å². The van der Waals surface area contributed by atoms with E-state index in [9.17, 15) is 9.18 Å². The first kappa shape index (κ1) is 27.6. The number of rotatable bonds is 6. The van der Waals surface area contributed by atoms with E-state index >= 15 is 0 Å². The zero-order valence-corrected chi connectivity index (χ0v) is 22.0. The number of aromatic nitrogens is 1. The van der Waals surface area contributed by atoms with Crippen molar-refractivity contribution in [2.45, 2.75) is 65.0 Å². The van der Waals surface area contributed by atoms with Crippen LogP contribution in [0.1, 0.15) is 58.4 Å². The van der Waals surface area contributed by atoms with Crippen molar-refractivity contribution in [2.75, 3.05) is 5.32 Å². The molecule has 1 heterocycles. The molecule has 1 amide bonds. The first-order valence-corrected chi connectivity index (χ1v) is 12.8. The monoisotopic (exact) mass is 510 g/mol. The minimum atomic E-state index is -0.491. The number of nitrogens with one attached hydrogen (secondary N) is 1. The Bertz CT molecular complexity index is 1220. The fraction of sp³-hybridized carbons (Fsp3) is 0.379. The van der Waals surface area contributed by atoms with E-state index in [2.05, 4.69) is 22.9 Å². The Balaban J connectivity index is 0.000000392. The minimum absolute atomic E-state index is 0.146. The summed E-state index contributed by atoms with van der Waals surface area (Å²) in [6.07, 6.45) is 8.09. The van der Waals surface area contributed by atoms with Gasteiger partial charge in [-0.15, -0.1) is 0 Å². The van der Waals surface area contributed by atoms with Gasteiger partial charge >= 0.3 is 0 Å². The lowest BCUT2D eigenvalue weighted by Crippen LogP contribution is -2.40. The molecule has 0 bridgehead atoms. The van der Waals surface area contributed by atoms with Crippen molar-refractivity contribution in [1.29, 1.82) is 0 Å². The predicted molar refractivity (Wildman–Crippen MR) is 149 cm³/mol. The van der Waals surface area contributed by atoms with E-state index in [-0.39, 0.29) is 11.7 Å². The van der Waals surface area contributed by atoms with Gasteiger partial charge in [0.25, 0.3) is 0 Å². The fourth-order valence-electron chi connectivity index (χ4n) is 4.35. The Morgan fingerprint density at radius 1 is 1.14 bits per heavy atom. The summed E-state index contributed by atoms with van der Waals surface area (Å²) in [5.41, 5.74) is 15.8. The Morgan fingerprint density at radius 2 is 1.83 bits per heavy atom. The molecule has 1 unspecified atom stereocenters. The van der Waals surface area contributed by atoms with Crippen molar-refractivity contribution in [2.24, 2.45) is 17.4 Å². The average molecular weight is 511 g/mol. The van der Waals surface area contributed by atoms with Crippen molar-refractivity contribution in [3.8, 4) is 11.1 Å². The van der Waals surface area contributed by atoms with Crippen LogP contribution in [0, 0.1) is 11.7 Å². The summed E-state index contributed by atoms with van der Waals surface area (Å²) >= 11 is 6.07. The molecule has 1 aromatic heterocycles. The maximum absolute atomic E-state index is 13.9. The van der Waals surface area contributed by atoms with E-state index < -0.39 is 11.9 Å². The normalized spacial score (nSPS) is 14.8. The number of anilines is 1. The molecular weight excluding hydrogens is 475 g/mol. The van der Waals surface area contributed by atoms with Gasteiger partial charge in [0.05, 0.1) is 17.2 Å². The number of amides is 1. The highest BCUT2D eigenvalue weighted by atomic mass is 35.5. The SMILES string of the molecule is C=C(C)c1cnc2ccc(-c3cc(F)cc(Cl)c3)cc2c1NC1CCCCC1.CC(C)C(N)C(N)=O. The molecule has 1 atom stereocenters. The van der Waals surface area contributed by atoms with Crippen molar-refractivity contribution in [1.82, 2.24) is 4.98 Å². The molecule has 3 aromatic rings. The number of allylic oxidation sites excluding steroid dienone is 1. The van der Waals surface area contributed by atoms with Gasteiger partial charge in [0.2, 0.25) is 5.91 Å². The first-order chi connectivity index (χ1) is 17.1. The van der Waals surface area contributed by atoms with E-state index in [0.29, 0.717) is 11.1 Å². The van der Waals surface area contributed by atoms with Gasteiger partial charge in [0.1, 0.15) is 5.82 Å². The largest absolute Gasteiger partial charge is 0.381 e. The number of hydrogen-bond donors (Lipinski definition) is 3. The van der Waals surface area contributed by atoms with Crippen LogP contribution < -0.4 is 16.8 Å². The molecule has 192 valence electrons. The third-order valence-electron chi connectivity index (χ3n) is 6.52. The van der Waals surface area contributed by atoms with Gasteiger partial charge in [0.15, 0.2) is 0 Å². The second kappa shape index (κ2) is 12.3. The Hall–Kier alpha value is -2.96. The van der Waals surface area contributed by atoms with Crippen LogP contribution >= 0.6 is 11.6 Å².